The van der Waals surface area contributed by atoms with Crippen LogP contribution >= 0.6 is 0 Å². The third kappa shape index (κ3) is 2.80. The Hall–Kier alpha value is -0.0800. The van der Waals surface area contributed by atoms with Crippen molar-refractivity contribution < 1.29 is 0 Å². The summed E-state index contributed by atoms with van der Waals surface area (Å²) in [5.41, 5.74) is 0.482. The van der Waals surface area contributed by atoms with Crippen molar-refractivity contribution in [2.75, 3.05) is 27.2 Å². The largest absolute Gasteiger partial charge is 0.310 e. The van der Waals surface area contributed by atoms with Crippen LogP contribution in [0.15, 0.2) is 0 Å². The van der Waals surface area contributed by atoms with E-state index in [1.165, 1.54) is 19.3 Å². The van der Waals surface area contributed by atoms with Gasteiger partial charge in [-0.1, -0.05) is 0 Å². The quantitative estimate of drug-likeness (QED) is 0.655. The first-order valence-corrected chi connectivity index (χ1v) is 4.52. The van der Waals surface area contributed by atoms with Crippen LogP contribution in [0, 0.1) is 0 Å². The van der Waals surface area contributed by atoms with Gasteiger partial charge in [0.25, 0.3) is 0 Å². The Kier molecular flexibility index (Phi) is 2.90. The fraction of sp³-hybridized carbons (Fsp3) is 1.00. The summed E-state index contributed by atoms with van der Waals surface area (Å²) in [5.74, 6) is 0. The minimum atomic E-state index is 0.482. The number of nitrogens with zero attached hydrogens (tertiary/aromatic N) is 1. The molecular formula is C9H20N2. The highest BCUT2D eigenvalue weighted by atomic mass is 15.1. The lowest BCUT2D eigenvalue weighted by atomic mass is 9.78. The van der Waals surface area contributed by atoms with Gasteiger partial charge < -0.3 is 10.2 Å². The molecule has 0 bridgehead atoms. The summed E-state index contributed by atoms with van der Waals surface area (Å²) in [6, 6.07) is 0. The van der Waals surface area contributed by atoms with Crippen molar-refractivity contribution in [3.05, 3.63) is 0 Å². The number of hydrogen-bond acceptors (Lipinski definition) is 2. The van der Waals surface area contributed by atoms with Gasteiger partial charge in [0.05, 0.1) is 0 Å². The van der Waals surface area contributed by atoms with Crippen LogP contribution in [0.1, 0.15) is 26.2 Å². The Balaban J connectivity index is 2.02. The van der Waals surface area contributed by atoms with E-state index in [4.69, 9.17) is 0 Å². The van der Waals surface area contributed by atoms with Gasteiger partial charge in [0.2, 0.25) is 0 Å². The normalized spacial score (nSPS) is 21.8. The first kappa shape index (κ1) is 9.01. The molecular weight excluding hydrogens is 136 g/mol. The Morgan fingerprint density at radius 1 is 1.36 bits per heavy atom. The molecule has 1 N–H and O–H groups in total. The average Bonchev–Trinajstić information content (AvgIpc) is 1.83. The topological polar surface area (TPSA) is 15.3 Å². The molecule has 11 heavy (non-hydrogen) atoms. The third-order valence-electron chi connectivity index (χ3n) is 2.57. The van der Waals surface area contributed by atoms with Crippen molar-refractivity contribution in [1.29, 1.82) is 0 Å². The highest BCUT2D eigenvalue weighted by Gasteiger charge is 2.30. The van der Waals surface area contributed by atoms with Crippen molar-refractivity contribution in [2.24, 2.45) is 0 Å². The molecule has 0 saturated heterocycles. The zero-order valence-electron chi connectivity index (χ0n) is 7.98. The second-order valence-electron chi connectivity index (χ2n) is 4.14. The maximum Gasteiger partial charge on any atom is 0.0153 e. The highest BCUT2D eigenvalue weighted by Crippen LogP contribution is 2.30. The van der Waals surface area contributed by atoms with Crippen LogP contribution in [0.5, 0.6) is 0 Å². The van der Waals surface area contributed by atoms with Gasteiger partial charge in [0, 0.05) is 18.6 Å². The van der Waals surface area contributed by atoms with Crippen LogP contribution in [0.25, 0.3) is 0 Å². The summed E-state index contributed by atoms with van der Waals surface area (Å²) in [6.07, 6.45) is 4.13. The van der Waals surface area contributed by atoms with E-state index in [2.05, 4.69) is 31.2 Å². The van der Waals surface area contributed by atoms with E-state index in [0.29, 0.717) is 5.54 Å². The Morgan fingerprint density at radius 2 is 2.00 bits per heavy atom. The standard InChI is InChI=1S/C9H20N2/c1-9(5-4-6-9)10-7-8-11(2)3/h10H,4-8H2,1-3H3. The predicted octanol–water partition coefficient (Wildman–Crippen LogP) is 1.08. The van der Waals surface area contributed by atoms with E-state index in [-0.39, 0.29) is 0 Å². The van der Waals surface area contributed by atoms with Gasteiger partial charge in [0.1, 0.15) is 0 Å². The molecule has 2 heteroatoms. The maximum absolute atomic E-state index is 3.59. The van der Waals surface area contributed by atoms with Crippen LogP contribution in [0.2, 0.25) is 0 Å². The molecule has 1 saturated carbocycles. The Bertz CT molecular complexity index is 117. The van der Waals surface area contributed by atoms with Crippen LogP contribution in [-0.4, -0.2) is 37.6 Å². The van der Waals surface area contributed by atoms with Gasteiger partial charge in [-0.15, -0.1) is 0 Å². The maximum atomic E-state index is 3.59. The molecule has 0 amide bonds. The van der Waals surface area contributed by atoms with Crippen LogP contribution in [0.3, 0.4) is 0 Å². The summed E-state index contributed by atoms with van der Waals surface area (Å²) in [7, 11) is 4.23. The van der Waals surface area contributed by atoms with Gasteiger partial charge in [-0.25, -0.2) is 0 Å². The number of hydrogen-bond donors (Lipinski definition) is 1. The van der Waals surface area contributed by atoms with Gasteiger partial charge >= 0.3 is 0 Å². The fourth-order valence-electron chi connectivity index (χ4n) is 1.47. The van der Waals surface area contributed by atoms with Crippen LogP contribution in [-0.2, 0) is 0 Å². The molecule has 0 atom stereocenters. The molecule has 0 unspecified atom stereocenters. The SMILES string of the molecule is CN(C)CCNC1(C)CCC1. The first-order chi connectivity index (χ1) is 5.12. The van der Waals surface area contributed by atoms with Gasteiger partial charge in [-0.3, -0.25) is 0 Å². The molecule has 0 heterocycles. The van der Waals surface area contributed by atoms with E-state index in [0.717, 1.165) is 13.1 Å². The summed E-state index contributed by atoms with van der Waals surface area (Å²) < 4.78 is 0. The summed E-state index contributed by atoms with van der Waals surface area (Å²) in [6.45, 7) is 4.60. The van der Waals surface area contributed by atoms with Crippen molar-refractivity contribution in [3.63, 3.8) is 0 Å². The molecule has 2 nitrogen and oxygen atoms in total. The number of nitrogens with one attached hydrogen (secondary N) is 1. The van der Waals surface area contributed by atoms with E-state index in [1.807, 2.05) is 0 Å². The van der Waals surface area contributed by atoms with Gasteiger partial charge in [-0.2, -0.15) is 0 Å². The monoisotopic (exact) mass is 156 g/mol. The highest BCUT2D eigenvalue weighted by molar-refractivity contribution is 4.91. The number of rotatable bonds is 4. The minimum absolute atomic E-state index is 0.482. The second-order valence-corrected chi connectivity index (χ2v) is 4.14. The molecule has 0 aromatic heterocycles. The van der Waals surface area contributed by atoms with E-state index >= 15 is 0 Å². The molecule has 0 aliphatic heterocycles. The van der Waals surface area contributed by atoms with E-state index < -0.39 is 0 Å². The molecule has 0 radical (unpaired) electrons. The van der Waals surface area contributed by atoms with E-state index in [9.17, 15) is 0 Å². The Morgan fingerprint density at radius 3 is 2.36 bits per heavy atom. The number of likely N-dealkylation sites (N-methyl/N-ethyl adjacent to an activating group) is 1. The summed E-state index contributed by atoms with van der Waals surface area (Å²) in [4.78, 5) is 2.22. The van der Waals surface area contributed by atoms with Crippen molar-refractivity contribution >= 4 is 0 Å². The summed E-state index contributed by atoms with van der Waals surface area (Å²) >= 11 is 0. The molecule has 0 aromatic carbocycles. The third-order valence-corrected chi connectivity index (χ3v) is 2.57. The molecule has 66 valence electrons. The lowest BCUT2D eigenvalue weighted by Crippen LogP contribution is -2.49. The molecule has 0 spiro atoms. The van der Waals surface area contributed by atoms with E-state index in [1.54, 1.807) is 0 Å². The fourth-order valence-corrected chi connectivity index (χ4v) is 1.47. The van der Waals surface area contributed by atoms with Crippen molar-refractivity contribution in [3.8, 4) is 0 Å². The lowest BCUT2D eigenvalue weighted by Gasteiger charge is -2.39. The molecule has 1 rings (SSSR count). The van der Waals surface area contributed by atoms with Gasteiger partial charge in [-0.05, 0) is 40.3 Å². The zero-order chi connectivity index (χ0) is 8.32. The lowest BCUT2D eigenvalue weighted by molar-refractivity contribution is 0.202. The first-order valence-electron chi connectivity index (χ1n) is 4.52. The van der Waals surface area contributed by atoms with Crippen LogP contribution in [0.4, 0.5) is 0 Å². The molecule has 1 aliphatic rings. The average molecular weight is 156 g/mol. The Labute approximate surface area is 70.0 Å². The molecule has 0 aromatic rings. The zero-order valence-corrected chi connectivity index (χ0v) is 7.98. The predicted molar refractivity (Wildman–Crippen MR) is 48.8 cm³/mol. The summed E-state index contributed by atoms with van der Waals surface area (Å²) in [5, 5.41) is 3.59. The van der Waals surface area contributed by atoms with Crippen molar-refractivity contribution in [2.45, 2.75) is 31.7 Å². The smallest absolute Gasteiger partial charge is 0.0153 e. The minimum Gasteiger partial charge on any atom is -0.310 e. The van der Waals surface area contributed by atoms with Crippen LogP contribution < -0.4 is 5.32 Å². The van der Waals surface area contributed by atoms with Crippen molar-refractivity contribution in [1.82, 2.24) is 10.2 Å². The molecule has 1 aliphatic carbocycles. The second kappa shape index (κ2) is 3.55. The molecule has 1 fully saturated rings. The van der Waals surface area contributed by atoms with Gasteiger partial charge in [0.15, 0.2) is 0 Å².